The normalized spacial score (nSPS) is 12.6. The Morgan fingerprint density at radius 2 is 2.00 bits per heavy atom. The van der Waals surface area contributed by atoms with Crippen LogP contribution in [0.25, 0.3) is 11.3 Å². The molecule has 1 aromatic heterocycles. The standard InChI is InChI=1S/C18H23N3O4/c1-3-21(4-2)8-7-19-18(22)11-14-10-16(25-20-14)13-5-6-15-17(9-13)24-12-23-15/h5-6,9-10H,3-4,7-8,11-12H2,1-2H3,(H,19,22). The van der Waals surface area contributed by atoms with Crippen molar-refractivity contribution in [3.05, 3.63) is 30.0 Å². The van der Waals surface area contributed by atoms with Gasteiger partial charge >= 0.3 is 0 Å². The molecule has 0 spiro atoms. The molecule has 0 radical (unpaired) electrons. The summed E-state index contributed by atoms with van der Waals surface area (Å²) in [5.41, 5.74) is 1.44. The quantitative estimate of drug-likeness (QED) is 0.789. The van der Waals surface area contributed by atoms with Crippen LogP contribution in [-0.2, 0) is 11.2 Å². The lowest BCUT2D eigenvalue weighted by Gasteiger charge is -2.17. The van der Waals surface area contributed by atoms with Gasteiger partial charge in [-0.2, -0.15) is 0 Å². The Morgan fingerprint density at radius 3 is 2.80 bits per heavy atom. The molecule has 25 heavy (non-hydrogen) atoms. The first-order chi connectivity index (χ1) is 12.2. The number of nitrogens with zero attached hydrogens (tertiary/aromatic N) is 2. The zero-order valence-electron chi connectivity index (χ0n) is 14.6. The lowest BCUT2D eigenvalue weighted by atomic mass is 10.1. The summed E-state index contributed by atoms with van der Waals surface area (Å²) in [7, 11) is 0. The lowest BCUT2D eigenvalue weighted by Crippen LogP contribution is -2.35. The molecule has 0 saturated heterocycles. The third kappa shape index (κ3) is 4.30. The predicted octanol–water partition coefficient (Wildman–Crippen LogP) is 2.07. The van der Waals surface area contributed by atoms with E-state index in [1.807, 2.05) is 18.2 Å². The maximum atomic E-state index is 12.0. The molecule has 1 aromatic carbocycles. The number of benzene rings is 1. The van der Waals surface area contributed by atoms with Crippen molar-refractivity contribution in [2.75, 3.05) is 33.0 Å². The van der Waals surface area contributed by atoms with Crippen molar-refractivity contribution in [3.63, 3.8) is 0 Å². The molecule has 1 aliphatic heterocycles. The summed E-state index contributed by atoms with van der Waals surface area (Å²) in [6.07, 6.45) is 0.201. The number of rotatable bonds is 8. The Labute approximate surface area is 146 Å². The van der Waals surface area contributed by atoms with Gasteiger partial charge in [0.25, 0.3) is 0 Å². The minimum atomic E-state index is -0.0577. The highest BCUT2D eigenvalue weighted by Gasteiger charge is 2.16. The zero-order valence-corrected chi connectivity index (χ0v) is 14.6. The number of hydrogen-bond acceptors (Lipinski definition) is 6. The van der Waals surface area contributed by atoms with Crippen LogP contribution in [0.3, 0.4) is 0 Å². The first kappa shape index (κ1) is 17.3. The van der Waals surface area contributed by atoms with Gasteiger partial charge in [-0.3, -0.25) is 4.79 Å². The molecule has 2 aromatic rings. The van der Waals surface area contributed by atoms with Crippen molar-refractivity contribution in [2.45, 2.75) is 20.3 Å². The van der Waals surface area contributed by atoms with E-state index in [1.54, 1.807) is 6.07 Å². The highest BCUT2D eigenvalue weighted by atomic mass is 16.7. The number of carbonyl (C=O) groups is 1. The largest absolute Gasteiger partial charge is 0.454 e. The Morgan fingerprint density at radius 1 is 1.20 bits per heavy atom. The molecule has 0 fully saturated rings. The molecule has 0 bridgehead atoms. The lowest BCUT2D eigenvalue weighted by molar-refractivity contribution is -0.120. The first-order valence-electron chi connectivity index (χ1n) is 8.54. The molecule has 1 amide bonds. The summed E-state index contributed by atoms with van der Waals surface area (Å²) < 4.78 is 16.0. The maximum absolute atomic E-state index is 12.0. The van der Waals surface area contributed by atoms with Gasteiger partial charge in [0, 0.05) is 24.7 Å². The minimum Gasteiger partial charge on any atom is -0.454 e. The van der Waals surface area contributed by atoms with Gasteiger partial charge in [-0.15, -0.1) is 0 Å². The topological polar surface area (TPSA) is 76.8 Å². The fraction of sp³-hybridized carbons (Fsp3) is 0.444. The van der Waals surface area contributed by atoms with Gasteiger partial charge in [0.15, 0.2) is 17.3 Å². The SMILES string of the molecule is CCN(CC)CCNC(=O)Cc1cc(-c2ccc3c(c2)OCO3)on1. The molecule has 0 unspecified atom stereocenters. The average Bonchev–Trinajstić information content (AvgIpc) is 3.27. The molecule has 7 nitrogen and oxygen atoms in total. The van der Waals surface area contributed by atoms with Crippen LogP contribution in [0.1, 0.15) is 19.5 Å². The summed E-state index contributed by atoms with van der Waals surface area (Å²) in [5, 5.41) is 6.90. The molecule has 1 aliphatic rings. The second kappa shape index (κ2) is 8.02. The number of hydrogen-bond donors (Lipinski definition) is 1. The second-order valence-corrected chi connectivity index (χ2v) is 5.80. The highest BCUT2D eigenvalue weighted by molar-refractivity contribution is 5.78. The van der Waals surface area contributed by atoms with Crippen LogP contribution in [0.5, 0.6) is 11.5 Å². The van der Waals surface area contributed by atoms with Gasteiger partial charge in [-0.25, -0.2) is 0 Å². The molecular weight excluding hydrogens is 322 g/mol. The number of amides is 1. The fourth-order valence-electron chi connectivity index (χ4n) is 2.70. The Balaban J connectivity index is 1.54. The zero-order chi connectivity index (χ0) is 17.6. The van der Waals surface area contributed by atoms with Crippen molar-refractivity contribution in [1.82, 2.24) is 15.4 Å². The smallest absolute Gasteiger partial charge is 0.231 e. The van der Waals surface area contributed by atoms with Crippen LogP contribution in [-0.4, -0.2) is 48.9 Å². The van der Waals surface area contributed by atoms with Crippen LogP contribution in [0.2, 0.25) is 0 Å². The molecule has 2 heterocycles. The Bertz CT molecular complexity index is 725. The number of ether oxygens (including phenoxy) is 2. The molecule has 0 saturated carbocycles. The van der Waals surface area contributed by atoms with E-state index in [9.17, 15) is 4.79 Å². The van der Waals surface area contributed by atoms with Crippen LogP contribution in [0.4, 0.5) is 0 Å². The Kier molecular flexibility index (Phi) is 5.55. The number of likely N-dealkylation sites (N-methyl/N-ethyl adjacent to an activating group) is 1. The van der Waals surface area contributed by atoms with Crippen molar-refractivity contribution >= 4 is 5.91 Å². The van der Waals surface area contributed by atoms with E-state index in [1.165, 1.54) is 0 Å². The molecule has 134 valence electrons. The van der Waals surface area contributed by atoms with Crippen LogP contribution < -0.4 is 14.8 Å². The second-order valence-electron chi connectivity index (χ2n) is 5.80. The molecule has 3 rings (SSSR count). The van der Waals surface area contributed by atoms with Gasteiger partial charge in [0.2, 0.25) is 12.7 Å². The third-order valence-electron chi connectivity index (χ3n) is 4.20. The van der Waals surface area contributed by atoms with Crippen molar-refractivity contribution in [1.29, 1.82) is 0 Å². The molecule has 1 N–H and O–H groups in total. The van der Waals surface area contributed by atoms with Crippen molar-refractivity contribution < 1.29 is 18.8 Å². The van der Waals surface area contributed by atoms with Gasteiger partial charge in [0.1, 0.15) is 0 Å². The monoisotopic (exact) mass is 345 g/mol. The maximum Gasteiger partial charge on any atom is 0.231 e. The van der Waals surface area contributed by atoms with E-state index in [0.717, 1.165) is 30.9 Å². The fourth-order valence-corrected chi connectivity index (χ4v) is 2.70. The van der Waals surface area contributed by atoms with Crippen LogP contribution >= 0.6 is 0 Å². The van der Waals surface area contributed by atoms with Gasteiger partial charge in [-0.1, -0.05) is 19.0 Å². The van der Waals surface area contributed by atoms with Crippen LogP contribution in [0, 0.1) is 0 Å². The van der Waals surface area contributed by atoms with Gasteiger partial charge in [0.05, 0.1) is 12.1 Å². The first-order valence-corrected chi connectivity index (χ1v) is 8.54. The van der Waals surface area contributed by atoms with Gasteiger partial charge < -0.3 is 24.2 Å². The van der Waals surface area contributed by atoms with Crippen molar-refractivity contribution in [3.8, 4) is 22.8 Å². The highest BCUT2D eigenvalue weighted by Crippen LogP contribution is 2.35. The van der Waals surface area contributed by atoms with E-state index in [-0.39, 0.29) is 19.1 Å². The van der Waals surface area contributed by atoms with E-state index in [0.29, 0.717) is 23.7 Å². The summed E-state index contributed by atoms with van der Waals surface area (Å²) in [6, 6.07) is 7.33. The summed E-state index contributed by atoms with van der Waals surface area (Å²) >= 11 is 0. The predicted molar refractivity (Wildman–Crippen MR) is 92.6 cm³/mol. The molecule has 0 atom stereocenters. The molecule has 7 heteroatoms. The average molecular weight is 345 g/mol. The molecular formula is C18H23N3O4. The minimum absolute atomic E-state index is 0.0577. The van der Waals surface area contributed by atoms with Crippen LogP contribution in [0.15, 0.2) is 28.8 Å². The van der Waals surface area contributed by atoms with Crippen molar-refractivity contribution in [2.24, 2.45) is 0 Å². The summed E-state index contributed by atoms with van der Waals surface area (Å²) in [6.45, 7) is 7.89. The van der Waals surface area contributed by atoms with E-state index >= 15 is 0 Å². The number of carbonyl (C=O) groups excluding carboxylic acids is 1. The summed E-state index contributed by atoms with van der Waals surface area (Å²) in [5.74, 6) is 1.95. The van der Waals surface area contributed by atoms with E-state index < -0.39 is 0 Å². The molecule has 0 aliphatic carbocycles. The summed E-state index contributed by atoms with van der Waals surface area (Å²) in [4.78, 5) is 14.3. The number of nitrogens with one attached hydrogen (secondary N) is 1. The number of fused-ring (bicyclic) bond motifs is 1. The number of aromatic nitrogens is 1. The Hall–Kier alpha value is -2.54. The third-order valence-corrected chi connectivity index (χ3v) is 4.20. The van der Waals surface area contributed by atoms with E-state index in [4.69, 9.17) is 14.0 Å². The van der Waals surface area contributed by atoms with E-state index in [2.05, 4.69) is 29.2 Å². The van der Waals surface area contributed by atoms with Gasteiger partial charge in [-0.05, 0) is 31.3 Å².